The predicted molar refractivity (Wildman–Crippen MR) is 138 cm³/mol. The maximum atomic E-state index is 13.0. The predicted octanol–water partition coefficient (Wildman–Crippen LogP) is 4.45. The zero-order chi connectivity index (χ0) is 24.6. The van der Waals surface area contributed by atoms with E-state index in [0.29, 0.717) is 23.7 Å². The van der Waals surface area contributed by atoms with Gasteiger partial charge in [0, 0.05) is 23.9 Å². The van der Waals surface area contributed by atoms with Crippen LogP contribution in [0.1, 0.15) is 37.6 Å². The molecule has 1 N–H and O–H groups in total. The number of ether oxygens (including phenoxy) is 2. The van der Waals surface area contributed by atoms with Crippen LogP contribution in [0.5, 0.6) is 11.5 Å². The number of methoxy groups -OCH3 is 2. The van der Waals surface area contributed by atoms with Crippen molar-refractivity contribution in [3.63, 3.8) is 0 Å². The van der Waals surface area contributed by atoms with Gasteiger partial charge in [0.15, 0.2) is 5.16 Å². The number of amides is 1. The number of benzene rings is 2. The zero-order valence-electron chi connectivity index (χ0n) is 20.6. The molecular formula is C26H33N5O3S. The van der Waals surface area contributed by atoms with Crippen molar-refractivity contribution in [3.05, 3.63) is 59.9 Å². The fraction of sp³-hybridized carbons (Fsp3) is 0.423. The highest BCUT2D eigenvalue weighted by atomic mass is 32.2. The second kappa shape index (κ2) is 12.1. The molecule has 0 saturated carbocycles. The van der Waals surface area contributed by atoms with E-state index in [1.807, 2.05) is 25.1 Å². The molecule has 2 aromatic carbocycles. The molecule has 0 bridgehead atoms. The standard InChI is InChI=1S/C26H33N5O3S/c1-19(25(32)27-21-14-22(33-2)16-23(15-21)34-3)35-26-29-28-24(18-30-12-8-5-9-13-30)31(26)17-20-10-6-4-7-11-20/h4,6-7,10-11,14-16,19H,5,8-9,12-13,17-18H2,1-3H3,(H,27,32). The second-order valence-electron chi connectivity index (χ2n) is 8.66. The van der Waals surface area contributed by atoms with Gasteiger partial charge in [-0.3, -0.25) is 9.69 Å². The first-order valence-electron chi connectivity index (χ1n) is 11.9. The summed E-state index contributed by atoms with van der Waals surface area (Å²) in [4.78, 5) is 15.5. The van der Waals surface area contributed by atoms with Crippen LogP contribution < -0.4 is 14.8 Å². The fourth-order valence-corrected chi connectivity index (χ4v) is 4.97. The summed E-state index contributed by atoms with van der Waals surface area (Å²) in [6.45, 7) is 5.49. The van der Waals surface area contributed by atoms with Crippen LogP contribution in [0.15, 0.2) is 53.7 Å². The summed E-state index contributed by atoms with van der Waals surface area (Å²) in [5, 5.41) is 12.4. The second-order valence-corrected chi connectivity index (χ2v) is 9.97. The monoisotopic (exact) mass is 495 g/mol. The van der Waals surface area contributed by atoms with E-state index in [2.05, 4.69) is 37.1 Å². The number of nitrogens with zero attached hydrogens (tertiary/aromatic N) is 4. The van der Waals surface area contributed by atoms with Crippen molar-refractivity contribution in [1.82, 2.24) is 19.7 Å². The lowest BCUT2D eigenvalue weighted by Crippen LogP contribution is -2.30. The zero-order valence-corrected chi connectivity index (χ0v) is 21.4. The van der Waals surface area contributed by atoms with E-state index in [9.17, 15) is 4.79 Å². The van der Waals surface area contributed by atoms with E-state index in [0.717, 1.165) is 30.6 Å². The molecule has 1 aliphatic heterocycles. The highest BCUT2D eigenvalue weighted by Crippen LogP contribution is 2.28. The summed E-state index contributed by atoms with van der Waals surface area (Å²) in [5.74, 6) is 2.04. The fourth-order valence-electron chi connectivity index (χ4n) is 4.10. The Morgan fingerprint density at radius 2 is 1.69 bits per heavy atom. The molecule has 1 amide bonds. The Morgan fingerprint density at radius 1 is 1.00 bits per heavy atom. The van der Waals surface area contributed by atoms with Gasteiger partial charge < -0.3 is 19.4 Å². The van der Waals surface area contributed by atoms with Gasteiger partial charge in [-0.1, -0.05) is 48.5 Å². The Balaban J connectivity index is 1.50. The molecule has 1 aliphatic rings. The van der Waals surface area contributed by atoms with Gasteiger partial charge in [-0.25, -0.2) is 0 Å². The van der Waals surface area contributed by atoms with Gasteiger partial charge in [0.25, 0.3) is 0 Å². The number of anilines is 1. The van der Waals surface area contributed by atoms with E-state index < -0.39 is 0 Å². The Hall–Kier alpha value is -3.04. The maximum absolute atomic E-state index is 13.0. The molecule has 2 heterocycles. The molecule has 1 saturated heterocycles. The van der Waals surface area contributed by atoms with Crippen LogP contribution in [-0.4, -0.2) is 58.1 Å². The average molecular weight is 496 g/mol. The lowest BCUT2D eigenvalue weighted by atomic mass is 10.1. The molecule has 186 valence electrons. The first-order valence-corrected chi connectivity index (χ1v) is 12.8. The first-order chi connectivity index (χ1) is 17.1. The van der Waals surface area contributed by atoms with Gasteiger partial charge in [0.2, 0.25) is 5.91 Å². The third kappa shape index (κ3) is 6.76. The molecule has 1 unspecified atom stereocenters. The van der Waals surface area contributed by atoms with Crippen LogP contribution in [0, 0.1) is 0 Å². The number of aromatic nitrogens is 3. The highest BCUT2D eigenvalue weighted by molar-refractivity contribution is 8.00. The van der Waals surface area contributed by atoms with Crippen molar-refractivity contribution in [2.75, 3.05) is 32.6 Å². The summed E-state index contributed by atoms with van der Waals surface area (Å²) in [6.07, 6.45) is 3.74. The van der Waals surface area contributed by atoms with Crippen LogP contribution in [0.25, 0.3) is 0 Å². The summed E-state index contributed by atoms with van der Waals surface area (Å²) in [5.41, 5.74) is 1.80. The number of hydrogen-bond donors (Lipinski definition) is 1. The number of carbonyl (C=O) groups is 1. The summed E-state index contributed by atoms with van der Waals surface area (Å²) < 4.78 is 12.8. The van der Waals surface area contributed by atoms with Crippen LogP contribution >= 0.6 is 11.8 Å². The van der Waals surface area contributed by atoms with E-state index in [4.69, 9.17) is 9.47 Å². The van der Waals surface area contributed by atoms with Crippen LogP contribution in [0.3, 0.4) is 0 Å². The summed E-state index contributed by atoms with van der Waals surface area (Å²) >= 11 is 1.42. The van der Waals surface area contributed by atoms with Gasteiger partial charge in [0.1, 0.15) is 17.3 Å². The lowest BCUT2D eigenvalue weighted by molar-refractivity contribution is -0.115. The normalized spacial score (nSPS) is 14.9. The Kier molecular flexibility index (Phi) is 8.65. The Morgan fingerprint density at radius 3 is 2.34 bits per heavy atom. The average Bonchev–Trinajstić information content (AvgIpc) is 3.25. The Labute approximate surface area is 211 Å². The summed E-state index contributed by atoms with van der Waals surface area (Å²) in [7, 11) is 3.17. The van der Waals surface area contributed by atoms with E-state index in [1.165, 1.54) is 36.6 Å². The number of likely N-dealkylation sites (tertiary alicyclic amines) is 1. The van der Waals surface area contributed by atoms with Crippen molar-refractivity contribution in [3.8, 4) is 11.5 Å². The molecule has 1 atom stereocenters. The van der Waals surface area contributed by atoms with E-state index >= 15 is 0 Å². The van der Waals surface area contributed by atoms with Gasteiger partial charge >= 0.3 is 0 Å². The molecule has 0 spiro atoms. The molecule has 0 aliphatic carbocycles. The number of hydrogen-bond acceptors (Lipinski definition) is 7. The van der Waals surface area contributed by atoms with Gasteiger partial charge in [0.05, 0.1) is 32.6 Å². The summed E-state index contributed by atoms with van der Waals surface area (Å²) in [6, 6.07) is 15.6. The van der Waals surface area contributed by atoms with Crippen LogP contribution in [0.4, 0.5) is 5.69 Å². The molecular weight excluding hydrogens is 462 g/mol. The molecule has 4 rings (SSSR count). The van der Waals surface area contributed by atoms with Crippen molar-refractivity contribution < 1.29 is 14.3 Å². The third-order valence-electron chi connectivity index (χ3n) is 6.06. The number of thioether (sulfide) groups is 1. The first kappa shape index (κ1) is 25.1. The van der Waals surface area contributed by atoms with Crippen molar-refractivity contribution in [2.24, 2.45) is 0 Å². The van der Waals surface area contributed by atoms with Gasteiger partial charge in [-0.05, 0) is 38.4 Å². The number of carbonyl (C=O) groups excluding carboxylic acids is 1. The number of rotatable bonds is 10. The largest absolute Gasteiger partial charge is 0.497 e. The molecule has 1 fully saturated rings. The lowest BCUT2D eigenvalue weighted by Gasteiger charge is -2.26. The van der Waals surface area contributed by atoms with Crippen molar-refractivity contribution >= 4 is 23.4 Å². The van der Waals surface area contributed by atoms with E-state index in [-0.39, 0.29) is 11.2 Å². The quantitative estimate of drug-likeness (QED) is 0.416. The van der Waals surface area contributed by atoms with Gasteiger partial charge in [-0.2, -0.15) is 0 Å². The minimum atomic E-state index is -0.381. The molecule has 0 radical (unpaired) electrons. The number of piperidine rings is 1. The third-order valence-corrected chi connectivity index (χ3v) is 7.14. The maximum Gasteiger partial charge on any atom is 0.237 e. The van der Waals surface area contributed by atoms with Gasteiger partial charge in [-0.15, -0.1) is 10.2 Å². The molecule has 3 aromatic rings. The smallest absolute Gasteiger partial charge is 0.237 e. The number of nitrogens with one attached hydrogen (secondary N) is 1. The van der Waals surface area contributed by atoms with E-state index in [1.54, 1.807) is 32.4 Å². The molecule has 9 heteroatoms. The van der Waals surface area contributed by atoms with Crippen LogP contribution in [0.2, 0.25) is 0 Å². The van der Waals surface area contributed by atoms with Crippen molar-refractivity contribution in [1.29, 1.82) is 0 Å². The topological polar surface area (TPSA) is 81.5 Å². The van der Waals surface area contributed by atoms with Crippen molar-refractivity contribution in [2.45, 2.75) is 49.7 Å². The minimum absolute atomic E-state index is 0.128. The Bertz CT molecular complexity index is 1090. The SMILES string of the molecule is COc1cc(NC(=O)C(C)Sc2nnc(CN3CCCCC3)n2Cc2ccccc2)cc(OC)c1. The molecule has 1 aromatic heterocycles. The minimum Gasteiger partial charge on any atom is -0.497 e. The molecule has 35 heavy (non-hydrogen) atoms. The highest BCUT2D eigenvalue weighted by Gasteiger charge is 2.22. The molecule has 8 nitrogen and oxygen atoms in total. The van der Waals surface area contributed by atoms with Crippen LogP contribution in [-0.2, 0) is 17.9 Å².